The van der Waals surface area contributed by atoms with Gasteiger partial charge < -0.3 is 24.4 Å². The number of hydrogen-bond donors (Lipinski definition) is 2. The summed E-state index contributed by atoms with van der Waals surface area (Å²) in [6.45, 7) is 0.118. The number of hydrogen-bond acceptors (Lipinski definition) is 6. The molecule has 2 fully saturated rings. The molecule has 1 aromatic rings. The highest BCUT2D eigenvalue weighted by Crippen LogP contribution is 2.45. The summed E-state index contributed by atoms with van der Waals surface area (Å²) in [4.78, 5) is 11.2. The van der Waals surface area contributed by atoms with Gasteiger partial charge in [0, 0.05) is 23.8 Å². The normalized spacial score (nSPS) is 29.1. The first-order valence-electron chi connectivity index (χ1n) is 10.6. The molecule has 0 bridgehead atoms. The number of fused-ring (bicyclic) bond motifs is 1. The number of unbranched alkanes of at least 4 members (excludes halogenated alkanes) is 1. The summed E-state index contributed by atoms with van der Waals surface area (Å²) in [7, 11) is 1.41. The average Bonchev–Trinajstić information content (AvgIpc) is 3.24. The zero-order chi connectivity index (χ0) is 21.5. The minimum atomic E-state index is -0.772. The Balaban J connectivity index is 1.43. The number of benzene rings is 1. The van der Waals surface area contributed by atoms with Gasteiger partial charge in [-0.15, -0.1) is 0 Å². The summed E-state index contributed by atoms with van der Waals surface area (Å²) in [6.07, 6.45) is 7.17. The van der Waals surface area contributed by atoms with Crippen LogP contribution in [0.1, 0.15) is 38.5 Å². The fraction of sp³-hybridized carbons (Fsp3) is 0.609. The van der Waals surface area contributed by atoms with Crippen LogP contribution in [0.5, 0.6) is 5.75 Å². The minimum absolute atomic E-state index is 0.0316. The first kappa shape index (κ1) is 23.1. The summed E-state index contributed by atoms with van der Waals surface area (Å²) in [6, 6.07) is 7.04. The standard InChI is InChI=1S/C23H31ClO6/c1-28-23(27)8-3-2-6-18-12-20-19(21(26)13-22(20)30-18)10-9-16(25)14-29-17-7-4-5-15(24)11-17/h4-5,7,9-11,16,18-22,25-26H,2-3,6,8,12-14H2,1H3/b10-9+/t16-,18?,19-,20-,21-,22-/m1/s1. The van der Waals surface area contributed by atoms with Crippen LogP contribution >= 0.6 is 11.6 Å². The molecule has 2 aliphatic rings. The van der Waals surface area contributed by atoms with Gasteiger partial charge in [-0.05, 0) is 43.4 Å². The molecule has 0 aromatic heterocycles. The van der Waals surface area contributed by atoms with Crippen LogP contribution in [0.15, 0.2) is 36.4 Å². The van der Waals surface area contributed by atoms with Crippen LogP contribution in [0.2, 0.25) is 5.02 Å². The van der Waals surface area contributed by atoms with Gasteiger partial charge in [-0.2, -0.15) is 0 Å². The van der Waals surface area contributed by atoms with E-state index in [0.717, 1.165) is 25.7 Å². The van der Waals surface area contributed by atoms with Gasteiger partial charge in [-0.25, -0.2) is 0 Å². The number of aliphatic hydroxyl groups is 2. The fourth-order valence-corrected chi connectivity index (χ4v) is 4.61. The van der Waals surface area contributed by atoms with E-state index in [-0.39, 0.29) is 36.6 Å². The molecule has 1 heterocycles. The first-order valence-corrected chi connectivity index (χ1v) is 11.0. The maximum atomic E-state index is 11.2. The van der Waals surface area contributed by atoms with Crippen LogP contribution in [0, 0.1) is 11.8 Å². The van der Waals surface area contributed by atoms with E-state index in [0.29, 0.717) is 23.6 Å². The number of carbonyl (C=O) groups is 1. The van der Waals surface area contributed by atoms with Crippen LogP contribution in [-0.2, 0) is 14.3 Å². The van der Waals surface area contributed by atoms with Gasteiger partial charge in [0.25, 0.3) is 0 Å². The van der Waals surface area contributed by atoms with Gasteiger partial charge in [-0.3, -0.25) is 4.79 Å². The highest BCUT2D eigenvalue weighted by molar-refractivity contribution is 6.30. The fourth-order valence-electron chi connectivity index (χ4n) is 4.43. The molecular formula is C23H31ClO6. The number of aliphatic hydroxyl groups excluding tert-OH is 2. The van der Waals surface area contributed by atoms with E-state index in [2.05, 4.69) is 4.74 Å². The Bertz CT molecular complexity index is 723. The zero-order valence-electron chi connectivity index (χ0n) is 17.3. The number of esters is 1. The third-order valence-corrected chi connectivity index (χ3v) is 6.18. The second-order valence-electron chi connectivity index (χ2n) is 8.12. The highest BCUT2D eigenvalue weighted by atomic mass is 35.5. The summed E-state index contributed by atoms with van der Waals surface area (Å²) in [5.41, 5.74) is 0. The molecule has 1 aromatic carbocycles. The summed E-state index contributed by atoms with van der Waals surface area (Å²) >= 11 is 5.93. The zero-order valence-corrected chi connectivity index (χ0v) is 18.0. The van der Waals surface area contributed by atoms with Crippen LogP contribution in [-0.4, -0.2) is 54.3 Å². The van der Waals surface area contributed by atoms with E-state index in [1.807, 2.05) is 6.08 Å². The van der Waals surface area contributed by atoms with E-state index >= 15 is 0 Å². The number of halogens is 1. The molecule has 0 amide bonds. The van der Waals surface area contributed by atoms with Crippen molar-refractivity contribution in [2.75, 3.05) is 13.7 Å². The Labute approximate surface area is 182 Å². The highest BCUT2D eigenvalue weighted by Gasteiger charge is 2.47. The molecule has 1 saturated carbocycles. The van der Waals surface area contributed by atoms with Crippen molar-refractivity contribution in [1.82, 2.24) is 0 Å². The number of carbonyl (C=O) groups excluding carboxylic acids is 1. The van der Waals surface area contributed by atoms with Gasteiger partial charge in [0.1, 0.15) is 18.5 Å². The topological polar surface area (TPSA) is 85.2 Å². The van der Waals surface area contributed by atoms with Crippen molar-refractivity contribution in [3.8, 4) is 5.75 Å². The van der Waals surface area contributed by atoms with E-state index in [1.54, 1.807) is 30.3 Å². The Morgan fingerprint density at radius 1 is 1.37 bits per heavy atom. The molecule has 30 heavy (non-hydrogen) atoms. The quantitative estimate of drug-likeness (QED) is 0.330. The van der Waals surface area contributed by atoms with Gasteiger partial charge in [0.15, 0.2) is 0 Å². The van der Waals surface area contributed by atoms with Crippen LogP contribution in [0.4, 0.5) is 0 Å². The number of methoxy groups -OCH3 is 1. The van der Waals surface area contributed by atoms with Crippen molar-refractivity contribution >= 4 is 17.6 Å². The summed E-state index contributed by atoms with van der Waals surface area (Å²) in [5.74, 6) is 0.652. The van der Waals surface area contributed by atoms with Crippen LogP contribution in [0.25, 0.3) is 0 Å². The summed E-state index contributed by atoms with van der Waals surface area (Å²) < 4.78 is 16.4. The van der Waals surface area contributed by atoms with Crippen molar-refractivity contribution in [2.45, 2.75) is 62.9 Å². The lowest BCUT2D eigenvalue weighted by atomic mass is 9.89. The maximum absolute atomic E-state index is 11.2. The molecule has 6 atom stereocenters. The molecule has 166 valence electrons. The third kappa shape index (κ3) is 6.45. The molecule has 0 radical (unpaired) electrons. The Kier molecular flexibility index (Phi) is 8.57. The molecule has 1 aliphatic heterocycles. The lowest BCUT2D eigenvalue weighted by Gasteiger charge is -2.18. The van der Waals surface area contributed by atoms with Gasteiger partial charge in [0.05, 0.1) is 25.4 Å². The Hall–Kier alpha value is -1.60. The molecule has 7 heteroatoms. The SMILES string of the molecule is COC(=O)CCCCC1C[C@@H]2[C@@H](/C=C/[C@@H](O)COc3cccc(Cl)c3)[C@H](O)C[C@H]2O1. The molecule has 1 unspecified atom stereocenters. The first-order chi connectivity index (χ1) is 14.5. The molecule has 0 spiro atoms. The van der Waals surface area contributed by atoms with E-state index in [9.17, 15) is 15.0 Å². The third-order valence-electron chi connectivity index (χ3n) is 5.95. The van der Waals surface area contributed by atoms with Gasteiger partial charge >= 0.3 is 5.97 Å². The van der Waals surface area contributed by atoms with Crippen LogP contribution < -0.4 is 4.74 Å². The minimum Gasteiger partial charge on any atom is -0.491 e. The maximum Gasteiger partial charge on any atom is 0.305 e. The lowest BCUT2D eigenvalue weighted by Crippen LogP contribution is -2.20. The largest absolute Gasteiger partial charge is 0.491 e. The van der Waals surface area contributed by atoms with Crippen molar-refractivity contribution in [1.29, 1.82) is 0 Å². The smallest absolute Gasteiger partial charge is 0.305 e. The van der Waals surface area contributed by atoms with Crippen LogP contribution in [0.3, 0.4) is 0 Å². The lowest BCUT2D eigenvalue weighted by molar-refractivity contribution is -0.140. The van der Waals surface area contributed by atoms with Crippen molar-refractivity contribution in [3.63, 3.8) is 0 Å². The van der Waals surface area contributed by atoms with E-state index in [1.165, 1.54) is 7.11 Å². The molecule has 1 aliphatic carbocycles. The molecular weight excluding hydrogens is 408 g/mol. The van der Waals surface area contributed by atoms with Crippen molar-refractivity contribution in [3.05, 3.63) is 41.4 Å². The second kappa shape index (κ2) is 11.1. The molecule has 1 saturated heterocycles. The molecule has 2 N–H and O–H groups in total. The predicted molar refractivity (Wildman–Crippen MR) is 113 cm³/mol. The van der Waals surface area contributed by atoms with E-state index < -0.39 is 12.2 Å². The Morgan fingerprint density at radius 2 is 2.20 bits per heavy atom. The van der Waals surface area contributed by atoms with E-state index in [4.69, 9.17) is 21.1 Å². The molecule has 3 rings (SSSR count). The molecule has 6 nitrogen and oxygen atoms in total. The summed E-state index contributed by atoms with van der Waals surface area (Å²) in [5, 5.41) is 21.2. The van der Waals surface area contributed by atoms with Crippen molar-refractivity contribution in [2.24, 2.45) is 11.8 Å². The van der Waals surface area contributed by atoms with Gasteiger partial charge in [-0.1, -0.05) is 36.2 Å². The predicted octanol–water partition coefficient (Wildman–Crippen LogP) is 3.52. The van der Waals surface area contributed by atoms with Gasteiger partial charge in [0.2, 0.25) is 0 Å². The van der Waals surface area contributed by atoms with Crippen molar-refractivity contribution < 1.29 is 29.2 Å². The number of rotatable bonds is 10. The second-order valence-corrected chi connectivity index (χ2v) is 8.56. The average molecular weight is 439 g/mol. The Morgan fingerprint density at radius 3 is 2.97 bits per heavy atom. The number of ether oxygens (including phenoxy) is 3. The monoisotopic (exact) mass is 438 g/mol.